The summed E-state index contributed by atoms with van der Waals surface area (Å²) in [5, 5.41) is 18.6. The van der Waals surface area contributed by atoms with Crippen molar-refractivity contribution in [2.75, 3.05) is 0 Å². The molecule has 0 radical (unpaired) electrons. The highest BCUT2D eigenvalue weighted by atomic mass is 16.5. The summed E-state index contributed by atoms with van der Waals surface area (Å²) in [6.45, 7) is 4.09. The Labute approximate surface area is 119 Å². The van der Waals surface area contributed by atoms with Crippen LogP contribution in [0.4, 0.5) is 0 Å². The molecule has 2 rings (SSSR count). The second-order valence-electron chi connectivity index (χ2n) is 4.76. The molecule has 0 aromatic heterocycles. The smallest absolute Gasteiger partial charge is 0.125 e. The van der Waals surface area contributed by atoms with Crippen molar-refractivity contribution < 1.29 is 9.84 Å². The molecule has 1 N–H and O–H groups in total. The van der Waals surface area contributed by atoms with Crippen LogP contribution in [0.2, 0.25) is 0 Å². The summed E-state index contributed by atoms with van der Waals surface area (Å²) >= 11 is 0. The number of aliphatic hydroxyl groups excluding tert-OH is 1. The fourth-order valence-electron chi connectivity index (χ4n) is 2.04. The van der Waals surface area contributed by atoms with Gasteiger partial charge in [-0.05, 0) is 43.2 Å². The number of para-hydroxylation sites is 1. The number of benzene rings is 2. The molecule has 20 heavy (non-hydrogen) atoms. The first-order valence-electron chi connectivity index (χ1n) is 6.51. The van der Waals surface area contributed by atoms with E-state index in [0.29, 0.717) is 17.9 Å². The molecular formula is C17H17NO2. The van der Waals surface area contributed by atoms with Gasteiger partial charge in [-0.2, -0.15) is 5.26 Å². The van der Waals surface area contributed by atoms with Gasteiger partial charge in [0.25, 0.3) is 0 Å². The average Bonchev–Trinajstić information content (AvgIpc) is 2.46. The van der Waals surface area contributed by atoms with E-state index in [-0.39, 0.29) is 0 Å². The van der Waals surface area contributed by atoms with Crippen molar-refractivity contribution in [3.05, 3.63) is 64.7 Å². The first-order chi connectivity index (χ1) is 9.61. The second-order valence-corrected chi connectivity index (χ2v) is 4.76. The van der Waals surface area contributed by atoms with E-state index in [1.54, 1.807) is 13.0 Å². The lowest BCUT2D eigenvalue weighted by atomic mass is 10.1. The van der Waals surface area contributed by atoms with Crippen LogP contribution in [0.15, 0.2) is 42.5 Å². The Morgan fingerprint density at radius 1 is 1.25 bits per heavy atom. The van der Waals surface area contributed by atoms with Crippen LogP contribution >= 0.6 is 0 Å². The number of hydrogen-bond donors (Lipinski definition) is 1. The molecule has 0 aliphatic heterocycles. The molecule has 102 valence electrons. The van der Waals surface area contributed by atoms with Crippen molar-refractivity contribution in [1.82, 2.24) is 0 Å². The minimum atomic E-state index is -0.562. The Bertz CT molecular complexity index is 642. The van der Waals surface area contributed by atoms with E-state index < -0.39 is 6.10 Å². The van der Waals surface area contributed by atoms with Gasteiger partial charge < -0.3 is 9.84 Å². The van der Waals surface area contributed by atoms with Crippen LogP contribution < -0.4 is 4.74 Å². The molecule has 0 heterocycles. The maximum Gasteiger partial charge on any atom is 0.125 e. The highest BCUT2D eigenvalue weighted by molar-refractivity contribution is 5.38. The van der Waals surface area contributed by atoms with Crippen molar-refractivity contribution in [2.45, 2.75) is 26.6 Å². The molecule has 0 aliphatic rings. The van der Waals surface area contributed by atoms with Crippen molar-refractivity contribution in [1.29, 1.82) is 5.26 Å². The SMILES string of the molecule is Cc1cc(C#N)ccc1COc1ccccc1[C@H](C)O. The number of hydrogen-bond acceptors (Lipinski definition) is 3. The largest absolute Gasteiger partial charge is 0.489 e. The van der Waals surface area contributed by atoms with Gasteiger partial charge in [0.15, 0.2) is 0 Å². The first kappa shape index (κ1) is 14.1. The third-order valence-electron chi connectivity index (χ3n) is 3.22. The predicted molar refractivity (Wildman–Crippen MR) is 77.3 cm³/mol. The van der Waals surface area contributed by atoms with E-state index in [4.69, 9.17) is 10.00 Å². The fraction of sp³-hybridized carbons (Fsp3) is 0.235. The molecule has 0 spiro atoms. The Morgan fingerprint density at radius 3 is 2.65 bits per heavy atom. The highest BCUT2D eigenvalue weighted by Gasteiger charge is 2.09. The van der Waals surface area contributed by atoms with E-state index in [9.17, 15) is 5.11 Å². The Hall–Kier alpha value is -2.31. The maximum atomic E-state index is 9.71. The van der Waals surface area contributed by atoms with Crippen molar-refractivity contribution in [3.8, 4) is 11.8 Å². The zero-order chi connectivity index (χ0) is 14.5. The number of nitriles is 1. The number of ether oxygens (including phenoxy) is 1. The lowest BCUT2D eigenvalue weighted by molar-refractivity contribution is 0.190. The van der Waals surface area contributed by atoms with E-state index in [0.717, 1.165) is 16.7 Å². The third kappa shape index (κ3) is 3.17. The minimum absolute atomic E-state index is 0.418. The van der Waals surface area contributed by atoms with Gasteiger partial charge >= 0.3 is 0 Å². The van der Waals surface area contributed by atoms with E-state index in [1.165, 1.54) is 0 Å². The Balaban J connectivity index is 2.15. The van der Waals surface area contributed by atoms with Crippen molar-refractivity contribution >= 4 is 0 Å². The topological polar surface area (TPSA) is 53.2 Å². The molecule has 2 aromatic rings. The highest BCUT2D eigenvalue weighted by Crippen LogP contribution is 2.25. The maximum absolute atomic E-state index is 9.71. The molecule has 0 unspecified atom stereocenters. The summed E-state index contributed by atoms with van der Waals surface area (Å²) in [6, 6.07) is 15.1. The van der Waals surface area contributed by atoms with Crippen molar-refractivity contribution in [3.63, 3.8) is 0 Å². The van der Waals surface area contributed by atoms with Crippen LogP contribution in [0.3, 0.4) is 0 Å². The summed E-state index contributed by atoms with van der Waals surface area (Å²) in [6.07, 6.45) is -0.562. The summed E-state index contributed by atoms with van der Waals surface area (Å²) < 4.78 is 5.80. The van der Waals surface area contributed by atoms with Crippen molar-refractivity contribution in [2.24, 2.45) is 0 Å². The molecule has 3 nitrogen and oxygen atoms in total. The second kappa shape index (κ2) is 6.23. The minimum Gasteiger partial charge on any atom is -0.489 e. The van der Waals surface area contributed by atoms with Gasteiger partial charge in [0.05, 0.1) is 17.7 Å². The normalized spacial score (nSPS) is 11.7. The van der Waals surface area contributed by atoms with Gasteiger partial charge in [-0.1, -0.05) is 24.3 Å². The quantitative estimate of drug-likeness (QED) is 0.922. The number of rotatable bonds is 4. The van der Waals surface area contributed by atoms with Crippen LogP contribution in [0.25, 0.3) is 0 Å². The van der Waals surface area contributed by atoms with Crippen LogP contribution in [0.5, 0.6) is 5.75 Å². The number of aliphatic hydroxyl groups is 1. The van der Waals surface area contributed by atoms with E-state index in [1.807, 2.05) is 43.3 Å². The molecule has 1 atom stereocenters. The summed E-state index contributed by atoms with van der Waals surface area (Å²) in [5.41, 5.74) is 3.48. The predicted octanol–water partition coefficient (Wildman–Crippen LogP) is 3.50. The molecule has 0 fully saturated rings. The molecule has 3 heteroatoms. The van der Waals surface area contributed by atoms with E-state index in [2.05, 4.69) is 6.07 Å². The average molecular weight is 267 g/mol. The standard InChI is InChI=1S/C17H17NO2/c1-12-9-14(10-18)7-8-15(12)11-20-17-6-4-3-5-16(17)13(2)19/h3-9,13,19H,11H2,1-2H3/t13-/m0/s1. The van der Waals surface area contributed by atoms with Crippen LogP contribution in [-0.2, 0) is 6.61 Å². The van der Waals surface area contributed by atoms with Crippen LogP contribution in [0, 0.1) is 18.3 Å². The lowest BCUT2D eigenvalue weighted by Gasteiger charge is -2.14. The molecule has 0 amide bonds. The van der Waals surface area contributed by atoms with Gasteiger partial charge in [0, 0.05) is 5.56 Å². The number of nitrogens with zero attached hydrogens (tertiary/aromatic N) is 1. The van der Waals surface area contributed by atoms with Crippen LogP contribution in [-0.4, -0.2) is 5.11 Å². The summed E-state index contributed by atoms with van der Waals surface area (Å²) in [7, 11) is 0. The molecule has 0 saturated carbocycles. The summed E-state index contributed by atoms with van der Waals surface area (Å²) in [4.78, 5) is 0. The van der Waals surface area contributed by atoms with Gasteiger partial charge in [-0.15, -0.1) is 0 Å². The first-order valence-corrected chi connectivity index (χ1v) is 6.51. The fourth-order valence-corrected chi connectivity index (χ4v) is 2.04. The molecular weight excluding hydrogens is 250 g/mol. The zero-order valence-corrected chi connectivity index (χ0v) is 11.6. The number of aryl methyl sites for hydroxylation is 1. The molecule has 0 bridgehead atoms. The lowest BCUT2D eigenvalue weighted by Crippen LogP contribution is -2.02. The molecule has 2 aromatic carbocycles. The van der Waals surface area contributed by atoms with E-state index >= 15 is 0 Å². The monoisotopic (exact) mass is 267 g/mol. The van der Waals surface area contributed by atoms with Gasteiger partial charge in [0.1, 0.15) is 12.4 Å². The molecule has 0 aliphatic carbocycles. The summed E-state index contributed by atoms with van der Waals surface area (Å²) in [5.74, 6) is 0.686. The van der Waals surface area contributed by atoms with Gasteiger partial charge in [-0.3, -0.25) is 0 Å². The Morgan fingerprint density at radius 2 is 2.00 bits per heavy atom. The van der Waals surface area contributed by atoms with Gasteiger partial charge in [0.2, 0.25) is 0 Å². The zero-order valence-electron chi connectivity index (χ0n) is 11.6. The Kier molecular flexibility index (Phi) is 4.39. The third-order valence-corrected chi connectivity index (χ3v) is 3.22. The molecule has 0 saturated heterocycles. The van der Waals surface area contributed by atoms with Gasteiger partial charge in [-0.25, -0.2) is 0 Å². The van der Waals surface area contributed by atoms with Crippen LogP contribution in [0.1, 0.15) is 35.3 Å².